The predicted molar refractivity (Wildman–Crippen MR) is 73.2 cm³/mol. The van der Waals surface area contributed by atoms with Gasteiger partial charge in [-0.05, 0) is 31.0 Å². The Bertz CT molecular complexity index is 773. The fourth-order valence-corrected chi connectivity index (χ4v) is 2.22. The predicted octanol–water partition coefficient (Wildman–Crippen LogP) is -1.64. The topological polar surface area (TPSA) is 124 Å². The van der Waals surface area contributed by atoms with Crippen LogP contribution in [0.15, 0.2) is 48.8 Å². The van der Waals surface area contributed by atoms with Crippen LogP contribution in [0.3, 0.4) is 0 Å². The smallest absolute Gasteiger partial charge is 0.263 e. The maximum atomic E-state index is 8.49. The summed E-state index contributed by atoms with van der Waals surface area (Å²) >= 11 is 0. The van der Waals surface area contributed by atoms with Gasteiger partial charge < -0.3 is 0 Å². The van der Waals surface area contributed by atoms with E-state index in [-0.39, 0.29) is 0 Å². The molecule has 0 aliphatic carbocycles. The second kappa shape index (κ2) is 6.95. The molecule has 0 fully saturated rings. The van der Waals surface area contributed by atoms with E-state index in [1.165, 1.54) is 16.8 Å². The molecule has 8 heteroatoms. The normalized spacial score (nSPS) is 11.0. The Morgan fingerprint density at radius 1 is 0.957 bits per heavy atom. The van der Waals surface area contributed by atoms with Crippen LogP contribution in [0.1, 0.15) is 11.1 Å². The molecule has 2 N–H and O–H groups in total. The molecule has 0 atom stereocenters. The number of benzene rings is 1. The maximum Gasteiger partial charge on any atom is 0.263 e. The second-order valence-electron chi connectivity index (χ2n) is 4.90. The molecule has 0 saturated heterocycles. The van der Waals surface area contributed by atoms with E-state index < -0.39 is 10.2 Å². The van der Waals surface area contributed by atoms with E-state index in [2.05, 4.69) is 52.8 Å². The first-order chi connectivity index (χ1) is 10.8. The fraction of sp³-hybridized carbons (Fsp3) is 0.133. The second-order valence-corrected chi connectivity index (χ2v) is 5.66. The monoisotopic (exact) mass is 337 g/mol. The van der Waals surface area contributed by atoms with E-state index >= 15 is 0 Å². The van der Waals surface area contributed by atoms with Gasteiger partial charge in [-0.15, -0.1) is 10.2 Å². The standard InChI is InChI=1S/C15H15N3.ClHO4/c1-11-6-5-7-12(2)15(11)17-14-10-16-13-8-3-4-9-18(13)14;2-1(3,4)5/h3-10,17H,1-2H3;(H,2,3,4,5). The van der Waals surface area contributed by atoms with Crippen LogP contribution < -0.4 is 28.4 Å². The lowest BCUT2D eigenvalue weighted by Crippen LogP contribution is -2.68. The number of hydrogen-bond acceptors (Lipinski definition) is 5. The van der Waals surface area contributed by atoms with Gasteiger partial charge in [-0.3, -0.25) is 10.3 Å². The molecule has 1 aromatic carbocycles. The Kier molecular flexibility index (Phi) is 5.19. The number of aromatic nitrogens is 2. The summed E-state index contributed by atoms with van der Waals surface area (Å²) in [7, 11) is -4.94. The van der Waals surface area contributed by atoms with Crippen LogP contribution >= 0.6 is 0 Å². The number of nitrogens with zero attached hydrogens (tertiary/aromatic N) is 1. The van der Waals surface area contributed by atoms with Gasteiger partial charge in [-0.25, -0.2) is 23.0 Å². The minimum atomic E-state index is -4.94. The van der Waals surface area contributed by atoms with Crippen LogP contribution in [0, 0.1) is 24.1 Å². The molecule has 2 heterocycles. The molecule has 2 aromatic heterocycles. The van der Waals surface area contributed by atoms with Crippen molar-refractivity contribution < 1.29 is 33.3 Å². The molecule has 122 valence electrons. The average molecular weight is 338 g/mol. The first-order valence-corrected chi connectivity index (χ1v) is 7.92. The van der Waals surface area contributed by atoms with Crippen molar-refractivity contribution in [2.45, 2.75) is 13.8 Å². The summed E-state index contributed by atoms with van der Waals surface area (Å²) in [4.78, 5) is 3.25. The van der Waals surface area contributed by atoms with Crippen molar-refractivity contribution in [3.8, 4) is 0 Å². The van der Waals surface area contributed by atoms with E-state index in [9.17, 15) is 0 Å². The SMILES string of the molecule is Cc1cccc(C)c1Nc1c[nH]c2cccc[n+]12.[O-][Cl+3]([O-])([O-])[O-]. The number of hydrogen-bond donors (Lipinski definition) is 2. The van der Waals surface area contributed by atoms with Gasteiger partial charge in [0.15, 0.2) is 0 Å². The first kappa shape index (κ1) is 17.2. The molecule has 0 bridgehead atoms. The zero-order chi connectivity index (χ0) is 17.0. The third-order valence-electron chi connectivity index (χ3n) is 3.21. The molecule has 0 saturated carbocycles. The number of imidazole rings is 1. The highest BCUT2D eigenvalue weighted by molar-refractivity contribution is 5.63. The summed E-state index contributed by atoms with van der Waals surface area (Å²) < 4.78 is 36.1. The number of aryl methyl sites for hydroxylation is 2. The van der Waals surface area contributed by atoms with Crippen LogP contribution in [0.25, 0.3) is 5.65 Å². The van der Waals surface area contributed by atoms with Crippen LogP contribution in [0.5, 0.6) is 0 Å². The van der Waals surface area contributed by atoms with Gasteiger partial charge in [0.25, 0.3) is 5.82 Å². The van der Waals surface area contributed by atoms with Crippen LogP contribution in [-0.4, -0.2) is 4.98 Å². The highest BCUT2D eigenvalue weighted by atomic mass is 35.7. The quantitative estimate of drug-likeness (QED) is 0.543. The van der Waals surface area contributed by atoms with E-state index in [4.69, 9.17) is 18.6 Å². The number of para-hydroxylation sites is 1. The zero-order valence-electron chi connectivity index (χ0n) is 12.6. The summed E-state index contributed by atoms with van der Waals surface area (Å²) in [6.45, 7) is 4.24. The third-order valence-corrected chi connectivity index (χ3v) is 3.21. The molecule has 23 heavy (non-hydrogen) atoms. The van der Waals surface area contributed by atoms with Crippen molar-refractivity contribution in [2.24, 2.45) is 0 Å². The number of H-pyrrole nitrogens is 1. The van der Waals surface area contributed by atoms with Crippen LogP contribution in [-0.2, 0) is 0 Å². The highest BCUT2D eigenvalue weighted by Gasteiger charge is 2.12. The van der Waals surface area contributed by atoms with Crippen LogP contribution in [0.4, 0.5) is 11.5 Å². The average Bonchev–Trinajstić information content (AvgIpc) is 2.85. The Labute approximate surface area is 135 Å². The van der Waals surface area contributed by atoms with E-state index in [0.29, 0.717) is 0 Å². The highest BCUT2D eigenvalue weighted by Crippen LogP contribution is 2.22. The van der Waals surface area contributed by atoms with E-state index in [1.807, 2.05) is 24.5 Å². The van der Waals surface area contributed by atoms with Crippen molar-refractivity contribution in [3.63, 3.8) is 0 Å². The molecule has 0 radical (unpaired) electrons. The van der Waals surface area contributed by atoms with Gasteiger partial charge in [-0.1, -0.05) is 24.3 Å². The summed E-state index contributed by atoms with van der Waals surface area (Å²) in [5, 5.41) is 3.50. The molecule has 0 amide bonds. The van der Waals surface area contributed by atoms with Crippen molar-refractivity contribution in [1.82, 2.24) is 4.98 Å². The lowest BCUT2D eigenvalue weighted by Gasteiger charge is -2.17. The van der Waals surface area contributed by atoms with Gasteiger partial charge in [0.2, 0.25) is 5.65 Å². The minimum Gasteiger partial charge on any atom is -0.273 e. The summed E-state index contributed by atoms with van der Waals surface area (Å²) in [5.74, 6) is 1.04. The molecular formula is C15H16ClN3O4. The Morgan fingerprint density at radius 3 is 2.17 bits per heavy atom. The Balaban J connectivity index is 0.000000338. The maximum absolute atomic E-state index is 8.49. The zero-order valence-corrected chi connectivity index (χ0v) is 13.3. The van der Waals surface area contributed by atoms with E-state index in [1.54, 1.807) is 0 Å². The first-order valence-electron chi connectivity index (χ1n) is 6.68. The molecule has 7 nitrogen and oxygen atoms in total. The van der Waals surface area contributed by atoms with Gasteiger partial charge >= 0.3 is 0 Å². The van der Waals surface area contributed by atoms with Crippen molar-refractivity contribution in [1.29, 1.82) is 0 Å². The lowest BCUT2D eigenvalue weighted by atomic mass is 10.1. The lowest BCUT2D eigenvalue weighted by molar-refractivity contribution is -2.00. The summed E-state index contributed by atoms with van der Waals surface area (Å²) in [6.07, 6.45) is 4.03. The molecule has 3 aromatic rings. The molecule has 0 aliphatic heterocycles. The fourth-order valence-electron chi connectivity index (χ4n) is 2.22. The number of halogens is 1. The van der Waals surface area contributed by atoms with Crippen LogP contribution in [0.2, 0.25) is 0 Å². The number of pyridine rings is 1. The van der Waals surface area contributed by atoms with Gasteiger partial charge in [-0.2, -0.15) is 0 Å². The Morgan fingerprint density at radius 2 is 1.57 bits per heavy atom. The number of aromatic amines is 1. The number of anilines is 2. The minimum absolute atomic E-state index is 1.04. The van der Waals surface area contributed by atoms with Crippen molar-refractivity contribution in [2.75, 3.05) is 5.32 Å². The van der Waals surface area contributed by atoms with Gasteiger partial charge in [0, 0.05) is 6.07 Å². The number of fused-ring (bicyclic) bond motifs is 1. The van der Waals surface area contributed by atoms with Gasteiger partial charge in [0.1, 0.15) is 11.9 Å². The van der Waals surface area contributed by atoms with Crippen molar-refractivity contribution in [3.05, 3.63) is 59.9 Å². The van der Waals surface area contributed by atoms with Crippen molar-refractivity contribution >= 4 is 17.2 Å². The summed E-state index contributed by atoms with van der Waals surface area (Å²) in [6, 6.07) is 12.4. The van der Waals surface area contributed by atoms with Gasteiger partial charge in [0.05, 0.1) is 6.20 Å². The molecule has 0 aliphatic rings. The summed E-state index contributed by atoms with van der Waals surface area (Å²) in [5.41, 5.74) is 4.75. The molecule has 0 spiro atoms. The number of nitrogens with one attached hydrogen (secondary N) is 2. The third kappa shape index (κ3) is 4.92. The largest absolute Gasteiger partial charge is 0.273 e. The van der Waals surface area contributed by atoms with E-state index in [0.717, 1.165) is 11.5 Å². The Hall–Kier alpha value is -2.16. The number of rotatable bonds is 2. The molecule has 0 unspecified atom stereocenters. The molecular weight excluding hydrogens is 322 g/mol. The molecule has 3 rings (SSSR count).